The minimum Gasteiger partial charge on any atom is -0.311 e. The number of carbonyl (C=O) groups is 1. The molecule has 14 heavy (non-hydrogen) atoms. The highest BCUT2D eigenvalue weighted by molar-refractivity contribution is 5.95. The zero-order valence-electron chi connectivity index (χ0n) is 7.86. The van der Waals surface area contributed by atoms with Crippen LogP contribution in [0.2, 0.25) is 0 Å². The maximum Gasteiger partial charge on any atom is 0.146 e. The van der Waals surface area contributed by atoms with Gasteiger partial charge in [0.15, 0.2) is 0 Å². The Kier molecular flexibility index (Phi) is 1.53. The second-order valence-corrected chi connectivity index (χ2v) is 4.11. The van der Waals surface area contributed by atoms with Crippen LogP contribution in [0.4, 0.5) is 0 Å². The Balaban J connectivity index is 2.08. The Hall–Kier alpha value is -1.22. The number of ketones is 1. The normalized spacial score (nSPS) is 35.1. The Labute approximate surface area is 82.5 Å². The summed E-state index contributed by atoms with van der Waals surface area (Å²) < 4.78 is 0. The molecule has 1 saturated heterocycles. The van der Waals surface area contributed by atoms with E-state index < -0.39 is 0 Å². The minimum absolute atomic E-state index is 0.228. The Morgan fingerprint density at radius 2 is 2.50 bits per heavy atom. The third-order valence-corrected chi connectivity index (χ3v) is 3.56. The average molecular weight is 188 g/mol. The summed E-state index contributed by atoms with van der Waals surface area (Å²) in [6.07, 6.45) is 5.28. The van der Waals surface area contributed by atoms with Gasteiger partial charge in [-0.1, -0.05) is 6.07 Å². The van der Waals surface area contributed by atoms with Crippen molar-refractivity contribution in [3.8, 4) is 0 Å². The van der Waals surface area contributed by atoms with Gasteiger partial charge in [0.1, 0.15) is 5.78 Å². The van der Waals surface area contributed by atoms with Crippen molar-refractivity contribution in [2.24, 2.45) is 0 Å². The second kappa shape index (κ2) is 2.64. The van der Waals surface area contributed by atoms with Crippen molar-refractivity contribution in [1.29, 1.82) is 0 Å². The Morgan fingerprint density at radius 3 is 3.07 bits per heavy atom. The van der Waals surface area contributed by atoms with Crippen LogP contribution < -0.4 is 5.32 Å². The van der Waals surface area contributed by atoms with Gasteiger partial charge < -0.3 is 5.32 Å². The molecular weight excluding hydrogens is 176 g/mol. The molecule has 1 aliphatic heterocycles. The van der Waals surface area contributed by atoms with Crippen LogP contribution in [-0.4, -0.2) is 23.4 Å². The predicted octanol–water partition coefficient (Wildman–Crippen LogP) is 0.654. The summed E-state index contributed by atoms with van der Waals surface area (Å²) in [5.41, 5.74) is 0.861. The van der Waals surface area contributed by atoms with Crippen LogP contribution >= 0.6 is 0 Å². The van der Waals surface area contributed by atoms with Crippen LogP contribution in [0.1, 0.15) is 18.4 Å². The number of carbonyl (C=O) groups excluding carboxylic acids is 1. The molecular formula is C11H12N2O. The molecule has 0 radical (unpaired) electrons. The highest BCUT2D eigenvalue weighted by Crippen LogP contribution is 2.43. The molecule has 0 amide bonds. The topological polar surface area (TPSA) is 42.0 Å². The summed E-state index contributed by atoms with van der Waals surface area (Å²) in [6, 6.07) is 4.29. The van der Waals surface area contributed by atoms with Crippen molar-refractivity contribution in [1.82, 2.24) is 10.3 Å². The van der Waals surface area contributed by atoms with Gasteiger partial charge >= 0.3 is 0 Å². The molecule has 72 valence electrons. The fourth-order valence-electron chi connectivity index (χ4n) is 2.68. The van der Waals surface area contributed by atoms with Crippen molar-refractivity contribution in [2.75, 3.05) is 6.54 Å². The van der Waals surface area contributed by atoms with E-state index in [0.717, 1.165) is 18.5 Å². The Bertz CT molecular complexity index is 376. The van der Waals surface area contributed by atoms with Gasteiger partial charge in [-0.3, -0.25) is 9.78 Å². The van der Waals surface area contributed by atoms with E-state index >= 15 is 0 Å². The van der Waals surface area contributed by atoms with E-state index in [-0.39, 0.29) is 5.41 Å². The van der Waals surface area contributed by atoms with Gasteiger partial charge in [-0.25, -0.2) is 0 Å². The molecule has 3 heteroatoms. The van der Waals surface area contributed by atoms with E-state index in [1.807, 2.05) is 18.3 Å². The molecule has 2 heterocycles. The van der Waals surface area contributed by atoms with Gasteiger partial charge in [-0.05, 0) is 18.1 Å². The number of nitrogens with zero attached hydrogens (tertiary/aromatic N) is 1. The first-order valence-corrected chi connectivity index (χ1v) is 5.01. The van der Waals surface area contributed by atoms with Gasteiger partial charge in [-0.15, -0.1) is 0 Å². The molecule has 1 N–H and O–H groups in total. The third kappa shape index (κ3) is 0.805. The summed E-state index contributed by atoms with van der Waals surface area (Å²) in [7, 11) is 0. The van der Waals surface area contributed by atoms with Crippen molar-refractivity contribution >= 4 is 5.78 Å². The minimum atomic E-state index is -0.228. The monoisotopic (exact) mass is 188 g/mol. The number of hydrogen-bond acceptors (Lipinski definition) is 3. The van der Waals surface area contributed by atoms with E-state index in [2.05, 4.69) is 10.3 Å². The van der Waals surface area contributed by atoms with Gasteiger partial charge in [-0.2, -0.15) is 0 Å². The van der Waals surface area contributed by atoms with E-state index in [1.165, 1.54) is 0 Å². The summed E-state index contributed by atoms with van der Waals surface area (Å²) in [5.74, 6) is 0.384. The fraction of sp³-hybridized carbons (Fsp3) is 0.455. The second-order valence-electron chi connectivity index (χ2n) is 4.11. The van der Waals surface area contributed by atoms with Crippen LogP contribution in [-0.2, 0) is 10.2 Å². The first kappa shape index (κ1) is 8.12. The van der Waals surface area contributed by atoms with Crippen LogP contribution in [0.25, 0.3) is 0 Å². The zero-order valence-corrected chi connectivity index (χ0v) is 7.86. The van der Waals surface area contributed by atoms with Crippen LogP contribution in [0, 0.1) is 0 Å². The molecule has 1 saturated carbocycles. The molecule has 3 rings (SSSR count). The average Bonchev–Trinajstić information content (AvgIpc) is 2.39. The van der Waals surface area contributed by atoms with Gasteiger partial charge in [0, 0.05) is 31.4 Å². The predicted molar refractivity (Wildman–Crippen MR) is 51.9 cm³/mol. The highest BCUT2D eigenvalue weighted by Gasteiger charge is 2.57. The zero-order chi connectivity index (χ0) is 9.60. The molecule has 1 aromatic rings. The first-order valence-electron chi connectivity index (χ1n) is 5.01. The molecule has 2 fully saturated rings. The summed E-state index contributed by atoms with van der Waals surface area (Å²) in [5, 5.41) is 3.33. The van der Waals surface area contributed by atoms with E-state index in [9.17, 15) is 4.79 Å². The number of fused-ring (bicyclic) bond motifs is 1. The largest absolute Gasteiger partial charge is 0.311 e. The van der Waals surface area contributed by atoms with Crippen molar-refractivity contribution in [2.45, 2.75) is 24.3 Å². The van der Waals surface area contributed by atoms with Crippen molar-refractivity contribution < 1.29 is 4.79 Å². The summed E-state index contributed by atoms with van der Waals surface area (Å²) in [4.78, 5) is 16.0. The van der Waals surface area contributed by atoms with E-state index in [0.29, 0.717) is 18.2 Å². The van der Waals surface area contributed by atoms with Gasteiger partial charge in [0.05, 0.1) is 5.41 Å². The molecule has 1 aliphatic carbocycles. The molecule has 0 bridgehead atoms. The third-order valence-electron chi connectivity index (χ3n) is 3.56. The maximum absolute atomic E-state index is 11.9. The number of hydrogen-bond donors (Lipinski definition) is 1. The van der Waals surface area contributed by atoms with Crippen LogP contribution in [0.5, 0.6) is 0 Å². The summed E-state index contributed by atoms with van der Waals surface area (Å²) >= 11 is 0. The molecule has 2 aliphatic rings. The number of rotatable bonds is 1. The maximum atomic E-state index is 11.9. The molecule has 2 unspecified atom stereocenters. The van der Waals surface area contributed by atoms with Crippen LogP contribution in [0.3, 0.4) is 0 Å². The number of aromatic nitrogens is 1. The fourth-order valence-corrected chi connectivity index (χ4v) is 2.68. The lowest BCUT2D eigenvalue weighted by Gasteiger charge is -2.44. The standard InChI is InChI=1S/C11H12N2O/c14-10-4-3-9-11(10,7-13-9)8-2-1-5-12-6-8/h1-2,5-6,9,13H,3-4,7H2. The van der Waals surface area contributed by atoms with Gasteiger partial charge in [0.25, 0.3) is 0 Å². The lowest BCUT2D eigenvalue weighted by Crippen LogP contribution is -2.65. The number of Topliss-reactive ketones (excluding diaryl/α,β-unsaturated/α-hetero) is 1. The lowest BCUT2D eigenvalue weighted by atomic mass is 9.70. The molecule has 0 spiro atoms. The molecule has 3 nitrogen and oxygen atoms in total. The number of nitrogens with one attached hydrogen (secondary N) is 1. The quantitative estimate of drug-likeness (QED) is 0.703. The molecule has 1 aromatic heterocycles. The molecule has 0 aromatic carbocycles. The van der Waals surface area contributed by atoms with E-state index in [1.54, 1.807) is 6.20 Å². The number of pyridine rings is 1. The van der Waals surface area contributed by atoms with Crippen molar-refractivity contribution in [3.05, 3.63) is 30.1 Å². The van der Waals surface area contributed by atoms with Gasteiger partial charge in [0.2, 0.25) is 0 Å². The van der Waals surface area contributed by atoms with E-state index in [4.69, 9.17) is 0 Å². The lowest BCUT2D eigenvalue weighted by molar-refractivity contribution is -0.124. The summed E-state index contributed by atoms with van der Waals surface area (Å²) in [6.45, 7) is 0.794. The SMILES string of the molecule is O=C1CCC2NCC12c1cccnc1. The first-order chi connectivity index (χ1) is 6.84. The van der Waals surface area contributed by atoms with Crippen LogP contribution in [0.15, 0.2) is 24.5 Å². The highest BCUT2D eigenvalue weighted by atomic mass is 16.1. The molecule has 2 atom stereocenters. The Morgan fingerprint density at radius 1 is 1.57 bits per heavy atom. The smallest absolute Gasteiger partial charge is 0.146 e. The van der Waals surface area contributed by atoms with Crippen molar-refractivity contribution in [3.63, 3.8) is 0 Å².